The van der Waals surface area contributed by atoms with E-state index in [0.29, 0.717) is 11.0 Å². The highest BCUT2D eigenvalue weighted by molar-refractivity contribution is 5.93. The Balaban J connectivity index is 0.00000210. The number of rotatable bonds is 3. The maximum atomic E-state index is 12.5. The van der Waals surface area contributed by atoms with Gasteiger partial charge in [0.1, 0.15) is 0 Å². The van der Waals surface area contributed by atoms with Gasteiger partial charge in [-0.1, -0.05) is 12.1 Å². The Morgan fingerprint density at radius 3 is 3.00 bits per heavy atom. The topological polar surface area (TPSA) is 93.8 Å². The summed E-state index contributed by atoms with van der Waals surface area (Å²) >= 11 is 0. The van der Waals surface area contributed by atoms with Crippen LogP contribution in [0.4, 0.5) is 0 Å². The molecule has 0 fully saturated rings. The van der Waals surface area contributed by atoms with Crippen molar-refractivity contribution in [2.45, 2.75) is 26.1 Å². The molecule has 0 atom stereocenters. The molecule has 8 nitrogen and oxygen atoms in total. The number of carbonyl (C=O) groups excluding carboxylic acids is 1. The van der Waals surface area contributed by atoms with E-state index in [1.165, 1.54) is 4.57 Å². The van der Waals surface area contributed by atoms with E-state index in [0.717, 1.165) is 37.4 Å². The lowest BCUT2D eigenvalue weighted by molar-refractivity contribution is 0.0943. The zero-order valence-corrected chi connectivity index (χ0v) is 15.8. The minimum absolute atomic E-state index is 0. The maximum absolute atomic E-state index is 12.5. The van der Waals surface area contributed by atoms with Crippen molar-refractivity contribution in [2.24, 2.45) is 7.05 Å². The van der Waals surface area contributed by atoms with Gasteiger partial charge in [0, 0.05) is 20.1 Å². The van der Waals surface area contributed by atoms with E-state index in [2.05, 4.69) is 20.7 Å². The molecule has 0 aliphatic carbocycles. The van der Waals surface area contributed by atoms with E-state index in [4.69, 9.17) is 0 Å². The molecule has 1 aliphatic rings. The van der Waals surface area contributed by atoms with E-state index < -0.39 is 11.5 Å². The molecule has 0 unspecified atom stereocenters. The predicted molar refractivity (Wildman–Crippen MR) is 104 cm³/mol. The smallest absolute Gasteiger partial charge is 0.282 e. The van der Waals surface area contributed by atoms with Crippen molar-refractivity contribution in [1.82, 2.24) is 30.0 Å². The van der Waals surface area contributed by atoms with Gasteiger partial charge in [0.2, 0.25) is 0 Å². The van der Waals surface area contributed by atoms with Gasteiger partial charge in [0.05, 0.1) is 29.0 Å². The first kappa shape index (κ1) is 19.1. The van der Waals surface area contributed by atoms with Crippen molar-refractivity contribution in [1.29, 1.82) is 0 Å². The molecule has 0 bridgehead atoms. The summed E-state index contributed by atoms with van der Waals surface area (Å²) in [6.45, 7) is 2.87. The Hall–Kier alpha value is -2.71. The summed E-state index contributed by atoms with van der Waals surface area (Å²) in [5.41, 5.74) is 2.67. The zero-order valence-electron chi connectivity index (χ0n) is 14.9. The molecule has 2 aromatic heterocycles. The van der Waals surface area contributed by atoms with Gasteiger partial charge < -0.3 is 15.2 Å². The number of hydrogen-bond donors (Lipinski definition) is 2. The molecule has 9 heteroatoms. The van der Waals surface area contributed by atoms with Gasteiger partial charge in [-0.25, -0.2) is 4.98 Å². The van der Waals surface area contributed by atoms with Crippen LogP contribution in [0.25, 0.3) is 11.0 Å². The quantitative estimate of drug-likeness (QED) is 0.697. The molecule has 2 N–H and O–H groups in total. The third-order valence-electron chi connectivity index (χ3n) is 4.57. The fourth-order valence-corrected chi connectivity index (χ4v) is 3.19. The highest BCUT2D eigenvalue weighted by atomic mass is 35.5. The number of nitrogens with zero attached hydrogens (tertiary/aromatic N) is 4. The molecule has 1 amide bonds. The first-order chi connectivity index (χ1) is 12.6. The minimum atomic E-state index is -0.488. The van der Waals surface area contributed by atoms with Crippen molar-refractivity contribution in [3.05, 3.63) is 57.8 Å². The second-order valence-electron chi connectivity index (χ2n) is 6.38. The Bertz CT molecular complexity index is 1020. The van der Waals surface area contributed by atoms with Crippen molar-refractivity contribution in [3.8, 4) is 0 Å². The lowest BCUT2D eigenvalue weighted by Crippen LogP contribution is -2.33. The predicted octanol–water partition coefficient (Wildman–Crippen LogP) is 0.975. The largest absolute Gasteiger partial charge is 0.345 e. The van der Waals surface area contributed by atoms with Crippen LogP contribution in [0.1, 0.15) is 28.3 Å². The number of aromatic nitrogens is 4. The highest BCUT2D eigenvalue weighted by Gasteiger charge is 2.17. The lowest BCUT2D eigenvalue weighted by atomic mass is 10.2. The van der Waals surface area contributed by atoms with Crippen LogP contribution in [-0.4, -0.2) is 31.8 Å². The van der Waals surface area contributed by atoms with Gasteiger partial charge in [0.15, 0.2) is 5.69 Å². The fourth-order valence-electron chi connectivity index (χ4n) is 3.19. The zero-order chi connectivity index (χ0) is 18.1. The van der Waals surface area contributed by atoms with Gasteiger partial charge in [-0.2, -0.15) is 5.10 Å². The average molecular weight is 389 g/mol. The molecule has 1 aliphatic heterocycles. The van der Waals surface area contributed by atoms with Crippen LogP contribution >= 0.6 is 12.4 Å². The van der Waals surface area contributed by atoms with Crippen LogP contribution in [-0.2, 0) is 26.7 Å². The van der Waals surface area contributed by atoms with E-state index in [-0.39, 0.29) is 24.6 Å². The van der Waals surface area contributed by atoms with Crippen molar-refractivity contribution in [2.75, 3.05) is 6.54 Å². The molecule has 1 aromatic carbocycles. The second-order valence-corrected chi connectivity index (χ2v) is 6.38. The number of hydrogen-bond acceptors (Lipinski definition) is 5. The third kappa shape index (κ3) is 3.72. The molecule has 4 rings (SSSR count). The molecule has 0 radical (unpaired) electrons. The number of halogens is 1. The van der Waals surface area contributed by atoms with E-state index in [9.17, 15) is 9.59 Å². The number of aryl methyl sites for hydroxylation is 2. The van der Waals surface area contributed by atoms with Crippen LogP contribution in [0.3, 0.4) is 0 Å². The van der Waals surface area contributed by atoms with Gasteiger partial charge in [0.25, 0.3) is 11.5 Å². The molecule has 0 saturated carbocycles. The van der Waals surface area contributed by atoms with E-state index in [1.807, 2.05) is 22.9 Å². The molecule has 3 aromatic rings. The summed E-state index contributed by atoms with van der Waals surface area (Å²) in [4.78, 5) is 29.2. The van der Waals surface area contributed by atoms with E-state index >= 15 is 0 Å². The summed E-state index contributed by atoms with van der Waals surface area (Å²) in [6, 6.07) is 9.22. The van der Waals surface area contributed by atoms with Crippen LogP contribution in [0.5, 0.6) is 0 Å². The summed E-state index contributed by atoms with van der Waals surface area (Å²) in [6.07, 6.45) is 1.03. The molecular weight excluding hydrogens is 368 g/mol. The monoisotopic (exact) mass is 388 g/mol. The Morgan fingerprint density at radius 1 is 1.33 bits per heavy atom. The van der Waals surface area contributed by atoms with Crippen molar-refractivity contribution in [3.63, 3.8) is 0 Å². The van der Waals surface area contributed by atoms with Gasteiger partial charge in [-0.3, -0.25) is 14.3 Å². The number of carbonyl (C=O) groups is 1. The molecule has 27 heavy (non-hydrogen) atoms. The summed E-state index contributed by atoms with van der Waals surface area (Å²) in [5, 5.41) is 10.6. The second kappa shape index (κ2) is 7.89. The maximum Gasteiger partial charge on any atom is 0.282 e. The lowest BCUT2D eigenvalue weighted by Gasteiger charge is -2.08. The van der Waals surface area contributed by atoms with Crippen molar-refractivity contribution >= 4 is 29.3 Å². The number of benzene rings is 1. The first-order valence-electron chi connectivity index (χ1n) is 8.64. The molecule has 3 heterocycles. The highest BCUT2D eigenvalue weighted by Crippen LogP contribution is 2.10. The Morgan fingerprint density at radius 2 is 2.15 bits per heavy atom. The van der Waals surface area contributed by atoms with Crippen LogP contribution in [0.15, 0.2) is 35.1 Å². The molecular formula is C18H21ClN6O2. The molecule has 142 valence electrons. The Kier molecular flexibility index (Phi) is 5.57. The molecule has 0 spiro atoms. The standard InChI is InChI=1S/C18H20N6O2.ClH/c1-23-15-6-3-2-5-14(15)21-16(18(23)26)17(25)20-10-12-9-13-11-19-7-4-8-24(13)22-12;/h2-3,5-6,9,19H,4,7-8,10-11H2,1H3,(H,20,25);1H. The fraction of sp³-hybridized carbons (Fsp3) is 0.333. The van der Waals surface area contributed by atoms with Crippen molar-refractivity contribution < 1.29 is 4.79 Å². The van der Waals surface area contributed by atoms with Gasteiger partial charge >= 0.3 is 0 Å². The third-order valence-corrected chi connectivity index (χ3v) is 4.57. The average Bonchev–Trinajstić information content (AvgIpc) is 2.92. The van der Waals surface area contributed by atoms with Gasteiger partial charge in [-0.05, 0) is 31.2 Å². The Labute approximate surface area is 162 Å². The van der Waals surface area contributed by atoms with Gasteiger partial charge in [-0.15, -0.1) is 12.4 Å². The number of fused-ring (bicyclic) bond motifs is 2. The van der Waals surface area contributed by atoms with Crippen LogP contribution in [0, 0.1) is 0 Å². The molecule has 0 saturated heterocycles. The van der Waals surface area contributed by atoms with E-state index in [1.54, 1.807) is 19.2 Å². The SMILES string of the molecule is Cl.Cn1c(=O)c(C(=O)NCc2cc3n(n2)CCCNC3)nc2ccccc21. The number of amides is 1. The number of nitrogens with one attached hydrogen (secondary N) is 2. The minimum Gasteiger partial charge on any atom is -0.345 e. The summed E-state index contributed by atoms with van der Waals surface area (Å²) < 4.78 is 3.41. The van der Waals surface area contributed by atoms with Crippen LogP contribution in [0.2, 0.25) is 0 Å². The summed E-state index contributed by atoms with van der Waals surface area (Å²) in [5.74, 6) is -0.488. The number of para-hydroxylation sites is 2. The normalized spacial score (nSPS) is 13.5. The summed E-state index contributed by atoms with van der Waals surface area (Å²) in [7, 11) is 1.64. The first-order valence-corrected chi connectivity index (χ1v) is 8.64. The van der Waals surface area contributed by atoms with Crippen LogP contribution < -0.4 is 16.2 Å².